The van der Waals surface area contributed by atoms with Crippen molar-refractivity contribution in [1.29, 1.82) is 5.26 Å². The highest BCUT2D eigenvalue weighted by Crippen LogP contribution is 2.47. The van der Waals surface area contributed by atoms with E-state index >= 15 is 0 Å². The third-order valence-corrected chi connectivity index (χ3v) is 7.59. The van der Waals surface area contributed by atoms with Gasteiger partial charge in [-0.05, 0) is 43.0 Å². The van der Waals surface area contributed by atoms with Crippen LogP contribution in [0, 0.1) is 22.7 Å². The highest BCUT2D eigenvalue weighted by Gasteiger charge is 2.51. The second-order valence-corrected chi connectivity index (χ2v) is 9.62. The van der Waals surface area contributed by atoms with Gasteiger partial charge in [0.05, 0.1) is 23.1 Å². The number of piperidine rings is 1. The van der Waals surface area contributed by atoms with Gasteiger partial charge in [-0.3, -0.25) is 9.59 Å². The standard InChI is InChI=1S/C27H29F3N4O2/c1-32-25(36)23-17-34(21-9-8-20(16-31)22(15-21)27(28,29)30)18-26(23)11-13-33(14-12-26)24(35)10-7-19-5-3-2-4-6-19/h2-6,8-9,15,23H,7,10-14,17-18H2,1H3,(H,32,36). The van der Waals surface area contributed by atoms with Crippen LogP contribution in [0.5, 0.6) is 0 Å². The molecule has 1 unspecified atom stereocenters. The van der Waals surface area contributed by atoms with E-state index in [0.717, 1.165) is 11.6 Å². The van der Waals surface area contributed by atoms with Crippen LogP contribution in [0.3, 0.4) is 0 Å². The van der Waals surface area contributed by atoms with Gasteiger partial charge in [0.2, 0.25) is 11.8 Å². The molecule has 1 N–H and O–H groups in total. The van der Waals surface area contributed by atoms with Crippen molar-refractivity contribution in [3.05, 3.63) is 65.2 Å². The molecule has 2 amide bonds. The fraction of sp³-hybridized carbons (Fsp3) is 0.444. The number of aryl methyl sites for hydroxylation is 1. The molecule has 1 atom stereocenters. The highest BCUT2D eigenvalue weighted by atomic mass is 19.4. The van der Waals surface area contributed by atoms with Crippen molar-refractivity contribution in [3.8, 4) is 6.07 Å². The van der Waals surface area contributed by atoms with E-state index in [1.807, 2.05) is 40.1 Å². The normalized spacial score (nSPS) is 19.2. The van der Waals surface area contributed by atoms with Gasteiger partial charge in [0.25, 0.3) is 0 Å². The summed E-state index contributed by atoms with van der Waals surface area (Å²) in [7, 11) is 1.56. The number of rotatable bonds is 5. The largest absolute Gasteiger partial charge is 0.417 e. The SMILES string of the molecule is CNC(=O)C1CN(c2ccc(C#N)c(C(F)(F)F)c2)CC12CCN(C(=O)CCc1ccccc1)CC2. The van der Waals surface area contributed by atoms with Crippen molar-refractivity contribution in [2.45, 2.75) is 31.9 Å². The minimum absolute atomic E-state index is 0.0713. The number of halogens is 3. The second kappa shape index (κ2) is 10.2. The van der Waals surface area contributed by atoms with Crippen molar-refractivity contribution >= 4 is 17.5 Å². The Bertz CT molecular complexity index is 1150. The van der Waals surface area contributed by atoms with E-state index in [1.165, 1.54) is 12.1 Å². The molecule has 1 spiro atoms. The van der Waals surface area contributed by atoms with Crippen LogP contribution < -0.4 is 10.2 Å². The number of anilines is 1. The fourth-order valence-electron chi connectivity index (χ4n) is 5.52. The second-order valence-electron chi connectivity index (χ2n) is 9.62. The molecule has 2 aromatic carbocycles. The molecule has 2 aliphatic rings. The lowest BCUT2D eigenvalue weighted by atomic mass is 9.70. The molecule has 2 aliphatic heterocycles. The molecule has 4 rings (SSSR count). The molecule has 2 saturated heterocycles. The van der Waals surface area contributed by atoms with Crippen molar-refractivity contribution in [1.82, 2.24) is 10.2 Å². The number of amides is 2. The van der Waals surface area contributed by atoms with Crippen molar-refractivity contribution in [3.63, 3.8) is 0 Å². The first-order valence-electron chi connectivity index (χ1n) is 12.1. The Kier molecular flexibility index (Phi) is 7.25. The van der Waals surface area contributed by atoms with Gasteiger partial charge in [0.1, 0.15) is 0 Å². The molecule has 0 saturated carbocycles. The first kappa shape index (κ1) is 25.5. The molecule has 0 radical (unpaired) electrons. The van der Waals surface area contributed by atoms with Crippen LogP contribution in [0.25, 0.3) is 0 Å². The van der Waals surface area contributed by atoms with Crippen molar-refractivity contribution in [2.75, 3.05) is 38.1 Å². The zero-order valence-corrected chi connectivity index (χ0v) is 20.1. The summed E-state index contributed by atoms with van der Waals surface area (Å²) < 4.78 is 40.6. The summed E-state index contributed by atoms with van der Waals surface area (Å²) >= 11 is 0. The maximum Gasteiger partial charge on any atom is 0.417 e. The Morgan fingerprint density at radius 1 is 1.14 bits per heavy atom. The molecule has 0 aromatic heterocycles. The zero-order valence-electron chi connectivity index (χ0n) is 20.1. The lowest BCUT2D eigenvalue weighted by Crippen LogP contribution is -2.49. The molecule has 2 fully saturated rings. The third-order valence-electron chi connectivity index (χ3n) is 7.59. The molecule has 6 nitrogen and oxygen atoms in total. The fourth-order valence-corrected chi connectivity index (χ4v) is 5.52. The summed E-state index contributed by atoms with van der Waals surface area (Å²) in [5.41, 5.74) is -0.397. The van der Waals surface area contributed by atoms with E-state index in [4.69, 9.17) is 5.26 Å². The highest BCUT2D eigenvalue weighted by molar-refractivity contribution is 5.81. The van der Waals surface area contributed by atoms with E-state index in [9.17, 15) is 22.8 Å². The van der Waals surface area contributed by atoms with E-state index in [0.29, 0.717) is 51.0 Å². The quantitative estimate of drug-likeness (QED) is 0.676. The van der Waals surface area contributed by atoms with Crippen LogP contribution in [-0.4, -0.2) is 49.9 Å². The Morgan fingerprint density at radius 3 is 2.44 bits per heavy atom. The number of hydrogen-bond acceptors (Lipinski definition) is 4. The van der Waals surface area contributed by atoms with E-state index in [1.54, 1.807) is 13.1 Å². The monoisotopic (exact) mass is 498 g/mol. The van der Waals surface area contributed by atoms with E-state index in [2.05, 4.69) is 5.32 Å². The molecule has 9 heteroatoms. The predicted molar refractivity (Wildman–Crippen MR) is 129 cm³/mol. The van der Waals surface area contributed by atoms with Crippen LogP contribution in [0.15, 0.2) is 48.5 Å². The summed E-state index contributed by atoms with van der Waals surface area (Å²) in [4.78, 5) is 29.3. The lowest BCUT2D eigenvalue weighted by Gasteiger charge is -2.42. The smallest absolute Gasteiger partial charge is 0.370 e. The Hall–Kier alpha value is -3.54. The average molecular weight is 499 g/mol. The molecule has 0 aliphatic carbocycles. The maximum absolute atomic E-state index is 13.5. The van der Waals surface area contributed by atoms with Gasteiger partial charge in [-0.15, -0.1) is 0 Å². The number of benzene rings is 2. The van der Waals surface area contributed by atoms with Crippen molar-refractivity contribution < 1.29 is 22.8 Å². The van der Waals surface area contributed by atoms with Crippen LogP contribution in [-0.2, 0) is 22.2 Å². The van der Waals surface area contributed by atoms with E-state index in [-0.39, 0.29) is 18.4 Å². The van der Waals surface area contributed by atoms with Crippen molar-refractivity contribution in [2.24, 2.45) is 11.3 Å². The summed E-state index contributed by atoms with van der Waals surface area (Å²) in [5.74, 6) is -0.484. The van der Waals surface area contributed by atoms with Gasteiger partial charge >= 0.3 is 6.18 Å². The molecule has 2 heterocycles. The summed E-state index contributed by atoms with van der Waals surface area (Å²) in [5, 5.41) is 11.8. The number of nitriles is 1. The van der Waals surface area contributed by atoms with E-state index < -0.39 is 28.6 Å². The minimum atomic E-state index is -4.65. The Morgan fingerprint density at radius 2 is 1.83 bits per heavy atom. The molecule has 2 aromatic rings. The van der Waals surface area contributed by atoms with Crippen LogP contribution in [0.1, 0.15) is 36.0 Å². The first-order chi connectivity index (χ1) is 17.2. The minimum Gasteiger partial charge on any atom is -0.370 e. The number of hydrogen-bond donors (Lipinski definition) is 1. The Balaban J connectivity index is 1.48. The summed E-state index contributed by atoms with van der Waals surface area (Å²) in [6.45, 7) is 1.72. The van der Waals surface area contributed by atoms with Crippen LogP contribution in [0.2, 0.25) is 0 Å². The topological polar surface area (TPSA) is 76.4 Å². The third kappa shape index (κ3) is 5.18. The van der Waals surface area contributed by atoms with Gasteiger partial charge in [0, 0.05) is 50.7 Å². The molecule has 36 heavy (non-hydrogen) atoms. The molecule has 190 valence electrons. The lowest BCUT2D eigenvalue weighted by molar-refractivity contribution is -0.138. The predicted octanol–water partition coefficient (Wildman–Crippen LogP) is 4.00. The van der Waals surface area contributed by atoms with Gasteiger partial charge in [-0.2, -0.15) is 18.4 Å². The Labute approximate surface area is 208 Å². The number of nitrogens with one attached hydrogen (secondary N) is 1. The van der Waals surface area contributed by atoms with Gasteiger partial charge < -0.3 is 15.1 Å². The summed E-state index contributed by atoms with van der Waals surface area (Å²) in [6.07, 6.45) is -2.38. The first-order valence-corrected chi connectivity index (χ1v) is 12.1. The van der Waals surface area contributed by atoms with Gasteiger partial charge in [-0.1, -0.05) is 30.3 Å². The van der Waals surface area contributed by atoms with Crippen LogP contribution >= 0.6 is 0 Å². The average Bonchev–Trinajstić information content (AvgIpc) is 3.25. The zero-order chi connectivity index (χ0) is 25.9. The molecular formula is C27H29F3N4O2. The number of carbonyl (C=O) groups excluding carboxylic acids is 2. The number of carbonyl (C=O) groups is 2. The number of likely N-dealkylation sites (tertiary alicyclic amines) is 1. The maximum atomic E-state index is 13.5. The molecule has 0 bridgehead atoms. The molecular weight excluding hydrogens is 469 g/mol. The van der Waals surface area contributed by atoms with Crippen LogP contribution in [0.4, 0.5) is 18.9 Å². The summed E-state index contributed by atoms with van der Waals surface area (Å²) in [6, 6.07) is 15.1. The van der Waals surface area contributed by atoms with Gasteiger partial charge in [-0.25, -0.2) is 0 Å². The number of nitrogens with zero attached hydrogens (tertiary/aromatic N) is 3. The van der Waals surface area contributed by atoms with Gasteiger partial charge in [0.15, 0.2) is 0 Å². The number of alkyl halides is 3.